The fraction of sp³-hybridized carbons (Fsp3) is 0.550. The molecule has 6 nitrogen and oxygen atoms in total. The second-order valence-corrected chi connectivity index (χ2v) is 7.84. The molecule has 1 unspecified atom stereocenters. The summed E-state index contributed by atoms with van der Waals surface area (Å²) in [6, 6.07) is 3.92. The van der Waals surface area contributed by atoms with E-state index in [-0.39, 0.29) is 11.9 Å². The number of halogens is 1. The van der Waals surface area contributed by atoms with Crippen LogP contribution in [0.25, 0.3) is 0 Å². The highest BCUT2D eigenvalue weighted by Crippen LogP contribution is 2.40. The predicted molar refractivity (Wildman–Crippen MR) is 108 cm³/mol. The topological polar surface area (TPSA) is 63.1 Å². The van der Waals surface area contributed by atoms with Crippen LogP contribution in [0.1, 0.15) is 61.3 Å². The summed E-state index contributed by atoms with van der Waals surface area (Å²) in [7, 11) is 0. The summed E-state index contributed by atoms with van der Waals surface area (Å²) < 4.78 is 1.92. The third-order valence-electron chi connectivity index (χ3n) is 4.88. The van der Waals surface area contributed by atoms with Gasteiger partial charge in [0.05, 0.1) is 17.3 Å². The quantitative estimate of drug-likeness (QED) is 0.811. The van der Waals surface area contributed by atoms with Crippen LogP contribution >= 0.6 is 11.6 Å². The molecular weight excluding hydrogens is 362 g/mol. The van der Waals surface area contributed by atoms with Crippen molar-refractivity contribution in [3.63, 3.8) is 0 Å². The van der Waals surface area contributed by atoms with Crippen molar-refractivity contribution in [3.8, 4) is 0 Å². The Hall–Kier alpha value is -2.08. The van der Waals surface area contributed by atoms with Crippen molar-refractivity contribution < 1.29 is 4.79 Å². The van der Waals surface area contributed by atoms with E-state index in [1.807, 2.05) is 30.7 Å². The molecule has 3 rings (SSSR count). The van der Waals surface area contributed by atoms with Crippen molar-refractivity contribution in [2.45, 2.75) is 53.1 Å². The van der Waals surface area contributed by atoms with Crippen LogP contribution < -0.4 is 10.2 Å². The van der Waals surface area contributed by atoms with E-state index in [4.69, 9.17) is 11.6 Å². The fourth-order valence-corrected chi connectivity index (χ4v) is 4.08. The zero-order chi connectivity index (χ0) is 19.6. The molecule has 2 aromatic heterocycles. The van der Waals surface area contributed by atoms with Crippen molar-refractivity contribution in [2.75, 3.05) is 18.0 Å². The Kier molecular flexibility index (Phi) is 6.05. The lowest BCUT2D eigenvalue weighted by atomic mass is 10.1. The maximum Gasteiger partial charge on any atom is 0.252 e. The van der Waals surface area contributed by atoms with Crippen molar-refractivity contribution in [3.05, 3.63) is 40.3 Å². The minimum atomic E-state index is -0.0941. The molecule has 1 N–H and O–H groups in total. The first-order valence-electron chi connectivity index (χ1n) is 9.66. The van der Waals surface area contributed by atoms with Gasteiger partial charge in [-0.3, -0.25) is 9.48 Å². The van der Waals surface area contributed by atoms with Crippen molar-refractivity contribution in [1.82, 2.24) is 20.1 Å². The van der Waals surface area contributed by atoms with Gasteiger partial charge in [-0.2, -0.15) is 5.10 Å². The van der Waals surface area contributed by atoms with Gasteiger partial charge in [0.15, 0.2) is 0 Å². The zero-order valence-electron chi connectivity index (χ0n) is 16.5. The van der Waals surface area contributed by atoms with Crippen LogP contribution in [0.3, 0.4) is 0 Å². The molecule has 1 fully saturated rings. The Labute approximate surface area is 165 Å². The molecule has 0 bridgehead atoms. The Balaban J connectivity index is 1.86. The number of nitrogens with one attached hydrogen (secondary N) is 1. The number of rotatable bonds is 6. The summed E-state index contributed by atoms with van der Waals surface area (Å²) in [5, 5.41) is 8.20. The highest BCUT2D eigenvalue weighted by atomic mass is 35.5. The van der Waals surface area contributed by atoms with E-state index in [0.29, 0.717) is 18.0 Å². The average molecular weight is 390 g/mol. The Morgan fingerprint density at radius 1 is 1.41 bits per heavy atom. The predicted octanol–water partition coefficient (Wildman–Crippen LogP) is 3.99. The fourth-order valence-electron chi connectivity index (χ4n) is 3.71. The molecule has 1 atom stereocenters. The maximum atomic E-state index is 11.9. The third-order valence-corrected chi connectivity index (χ3v) is 5.27. The van der Waals surface area contributed by atoms with Crippen LogP contribution in [-0.2, 0) is 6.54 Å². The van der Waals surface area contributed by atoms with E-state index >= 15 is 0 Å². The maximum absolute atomic E-state index is 11.9. The number of nitrogens with zero attached hydrogens (tertiary/aromatic N) is 4. The highest BCUT2D eigenvalue weighted by molar-refractivity contribution is 6.30. The van der Waals surface area contributed by atoms with Crippen LogP contribution in [0, 0.1) is 12.8 Å². The second-order valence-electron chi connectivity index (χ2n) is 7.48. The van der Waals surface area contributed by atoms with Gasteiger partial charge < -0.3 is 10.2 Å². The standard InChI is InChI=1S/C20H28ClN5O/c1-5-22-20(27)15-8-9-17(23-11-15)25-10-6-7-16(25)18-14(4)24-26(19(18)21)12-13(2)3/h8-9,11,13,16H,5-7,10,12H2,1-4H3,(H,22,27). The largest absolute Gasteiger partial charge is 0.352 e. The number of anilines is 1. The van der Waals surface area contributed by atoms with E-state index in [1.54, 1.807) is 6.20 Å². The van der Waals surface area contributed by atoms with E-state index in [0.717, 1.165) is 48.2 Å². The van der Waals surface area contributed by atoms with Crippen molar-refractivity contribution in [1.29, 1.82) is 0 Å². The number of aryl methyl sites for hydroxylation is 1. The average Bonchev–Trinajstić information content (AvgIpc) is 3.19. The number of carbonyl (C=O) groups is 1. The molecule has 7 heteroatoms. The number of hydrogen-bond donors (Lipinski definition) is 1. The van der Waals surface area contributed by atoms with Crippen molar-refractivity contribution in [2.24, 2.45) is 5.92 Å². The van der Waals surface area contributed by atoms with Crippen LogP contribution in [0.2, 0.25) is 5.15 Å². The molecule has 3 heterocycles. The molecule has 0 spiro atoms. The molecule has 0 radical (unpaired) electrons. The van der Waals surface area contributed by atoms with Gasteiger partial charge in [-0.05, 0) is 44.7 Å². The Bertz CT molecular complexity index is 799. The van der Waals surface area contributed by atoms with Crippen LogP contribution in [0.4, 0.5) is 5.82 Å². The molecule has 27 heavy (non-hydrogen) atoms. The van der Waals surface area contributed by atoms with Gasteiger partial charge in [0.2, 0.25) is 0 Å². The molecule has 1 saturated heterocycles. The number of carbonyl (C=O) groups excluding carboxylic acids is 1. The van der Waals surface area contributed by atoms with Gasteiger partial charge in [0, 0.05) is 31.4 Å². The van der Waals surface area contributed by atoms with Gasteiger partial charge in [0.25, 0.3) is 5.91 Å². The molecule has 0 aliphatic carbocycles. The molecule has 2 aromatic rings. The second kappa shape index (κ2) is 8.30. The van der Waals surface area contributed by atoms with Crippen LogP contribution in [0.15, 0.2) is 18.3 Å². The van der Waals surface area contributed by atoms with E-state index in [1.165, 1.54) is 0 Å². The first kappa shape index (κ1) is 19.7. The third kappa shape index (κ3) is 4.10. The summed E-state index contributed by atoms with van der Waals surface area (Å²) in [5.41, 5.74) is 2.66. The summed E-state index contributed by atoms with van der Waals surface area (Å²) in [6.07, 6.45) is 3.75. The molecule has 1 amide bonds. The normalized spacial score (nSPS) is 17.0. The molecule has 1 aliphatic heterocycles. The van der Waals surface area contributed by atoms with Crippen molar-refractivity contribution >= 4 is 23.3 Å². The summed E-state index contributed by atoms with van der Waals surface area (Å²) >= 11 is 6.71. The summed E-state index contributed by atoms with van der Waals surface area (Å²) in [6.45, 7) is 10.6. The van der Waals surface area contributed by atoms with Crippen LogP contribution in [0.5, 0.6) is 0 Å². The number of pyridine rings is 1. The summed E-state index contributed by atoms with van der Waals surface area (Å²) in [4.78, 5) is 18.8. The summed E-state index contributed by atoms with van der Waals surface area (Å²) in [5.74, 6) is 1.26. The van der Waals surface area contributed by atoms with Gasteiger partial charge >= 0.3 is 0 Å². The van der Waals surface area contributed by atoms with Crippen LogP contribution in [-0.4, -0.2) is 33.8 Å². The SMILES string of the molecule is CCNC(=O)c1ccc(N2CCCC2c2c(C)nn(CC(C)C)c2Cl)nc1. The van der Waals surface area contributed by atoms with Gasteiger partial charge in [-0.25, -0.2) is 4.98 Å². The van der Waals surface area contributed by atoms with E-state index in [2.05, 4.69) is 34.1 Å². The highest BCUT2D eigenvalue weighted by Gasteiger charge is 2.32. The number of hydrogen-bond acceptors (Lipinski definition) is 4. The molecule has 146 valence electrons. The lowest BCUT2D eigenvalue weighted by Crippen LogP contribution is -2.25. The number of amides is 1. The van der Waals surface area contributed by atoms with E-state index in [9.17, 15) is 4.79 Å². The minimum Gasteiger partial charge on any atom is -0.352 e. The Morgan fingerprint density at radius 3 is 2.81 bits per heavy atom. The lowest BCUT2D eigenvalue weighted by Gasteiger charge is -2.26. The lowest BCUT2D eigenvalue weighted by molar-refractivity contribution is 0.0955. The molecule has 0 aromatic carbocycles. The molecule has 1 aliphatic rings. The van der Waals surface area contributed by atoms with Gasteiger partial charge in [-0.1, -0.05) is 25.4 Å². The van der Waals surface area contributed by atoms with Gasteiger partial charge in [0.1, 0.15) is 11.0 Å². The first-order chi connectivity index (χ1) is 12.9. The van der Waals surface area contributed by atoms with Gasteiger partial charge in [-0.15, -0.1) is 0 Å². The van der Waals surface area contributed by atoms with E-state index < -0.39 is 0 Å². The smallest absolute Gasteiger partial charge is 0.252 e. The molecular formula is C20H28ClN5O. The minimum absolute atomic E-state index is 0.0941. The first-order valence-corrected chi connectivity index (χ1v) is 10.0. The zero-order valence-corrected chi connectivity index (χ0v) is 17.3. The monoisotopic (exact) mass is 389 g/mol. The Morgan fingerprint density at radius 2 is 2.19 bits per heavy atom. The number of aromatic nitrogens is 3. The molecule has 0 saturated carbocycles.